The third-order valence-electron chi connectivity index (χ3n) is 2.78. The summed E-state index contributed by atoms with van der Waals surface area (Å²) in [6, 6.07) is 7.87. The molecule has 0 aliphatic heterocycles. The molecule has 0 aliphatic rings. The highest BCUT2D eigenvalue weighted by Crippen LogP contribution is 2.38. The Bertz CT molecular complexity index is 583. The normalized spacial score (nSPS) is 12.7. The van der Waals surface area contributed by atoms with Crippen molar-refractivity contribution in [3.05, 3.63) is 54.1 Å². The van der Waals surface area contributed by atoms with E-state index in [4.69, 9.17) is 23.2 Å². The topological polar surface area (TPSA) is 12.0 Å². The molecule has 5 heteroatoms. The fourth-order valence-electron chi connectivity index (χ4n) is 1.98. The van der Waals surface area contributed by atoms with E-state index >= 15 is 0 Å². The first-order valence-corrected chi connectivity index (χ1v) is 8.33. The Labute approximate surface area is 136 Å². The third kappa shape index (κ3) is 3.53. The predicted octanol–water partition coefficient (Wildman–Crippen LogP) is 5.82. The van der Waals surface area contributed by atoms with Crippen LogP contribution in [0, 0.1) is 6.92 Å². The zero-order valence-electron chi connectivity index (χ0n) is 10.6. The van der Waals surface area contributed by atoms with Crippen LogP contribution in [0.5, 0.6) is 0 Å². The zero-order valence-corrected chi connectivity index (χ0v) is 14.6. The fraction of sp³-hybridized carbons (Fsp3) is 0.286. The molecule has 1 heterocycles. The summed E-state index contributed by atoms with van der Waals surface area (Å²) in [7, 11) is 0. The van der Waals surface area contributed by atoms with Crippen LogP contribution in [-0.2, 0) is 0 Å². The van der Waals surface area contributed by atoms with E-state index in [0.29, 0.717) is 10.0 Å². The quantitative estimate of drug-likeness (QED) is 0.706. The Morgan fingerprint density at radius 1 is 1.32 bits per heavy atom. The summed E-state index contributed by atoms with van der Waals surface area (Å²) in [5, 5.41) is 4.83. The number of halogens is 3. The molecular weight excluding hydrogens is 365 g/mol. The Balaban J connectivity index is 2.48. The van der Waals surface area contributed by atoms with Gasteiger partial charge in [0.1, 0.15) is 0 Å². The van der Waals surface area contributed by atoms with Crippen molar-refractivity contribution in [2.75, 3.05) is 6.54 Å². The highest BCUT2D eigenvalue weighted by Gasteiger charge is 2.20. The lowest BCUT2D eigenvalue weighted by molar-refractivity contribution is 0.638. The van der Waals surface area contributed by atoms with Gasteiger partial charge in [0.25, 0.3) is 0 Å². The lowest BCUT2D eigenvalue weighted by atomic mass is 10.1. The van der Waals surface area contributed by atoms with E-state index in [9.17, 15) is 0 Å². The lowest BCUT2D eigenvalue weighted by Crippen LogP contribution is -2.21. The van der Waals surface area contributed by atoms with E-state index in [1.165, 1.54) is 9.75 Å². The minimum atomic E-state index is 0.0860. The molecule has 102 valence electrons. The van der Waals surface area contributed by atoms with E-state index in [0.717, 1.165) is 16.6 Å². The largest absolute Gasteiger partial charge is 0.306 e. The van der Waals surface area contributed by atoms with Gasteiger partial charge in [0, 0.05) is 24.3 Å². The van der Waals surface area contributed by atoms with Gasteiger partial charge in [-0.15, -0.1) is 11.3 Å². The highest BCUT2D eigenvalue weighted by molar-refractivity contribution is 9.10. The van der Waals surface area contributed by atoms with Crippen molar-refractivity contribution < 1.29 is 0 Å². The van der Waals surface area contributed by atoms with Crippen LogP contribution < -0.4 is 5.32 Å². The van der Waals surface area contributed by atoms with Crippen LogP contribution in [0.15, 0.2) is 28.7 Å². The van der Waals surface area contributed by atoms with Gasteiger partial charge in [0.05, 0.1) is 6.04 Å². The van der Waals surface area contributed by atoms with Crippen molar-refractivity contribution in [3.8, 4) is 0 Å². The van der Waals surface area contributed by atoms with Gasteiger partial charge in [0.2, 0.25) is 0 Å². The molecule has 1 nitrogen and oxygen atoms in total. The van der Waals surface area contributed by atoms with Gasteiger partial charge in [-0.2, -0.15) is 0 Å². The van der Waals surface area contributed by atoms with Crippen molar-refractivity contribution in [2.45, 2.75) is 19.9 Å². The zero-order chi connectivity index (χ0) is 14.0. The molecule has 1 N–H and O–H groups in total. The maximum atomic E-state index is 6.33. The molecule has 0 amide bonds. The van der Waals surface area contributed by atoms with Gasteiger partial charge in [-0.05, 0) is 53.2 Å². The van der Waals surface area contributed by atoms with Crippen LogP contribution in [0.25, 0.3) is 0 Å². The molecular formula is C14H14BrCl2NS. The molecule has 0 bridgehead atoms. The summed E-state index contributed by atoms with van der Waals surface area (Å²) < 4.78 is 1.12. The Morgan fingerprint density at radius 3 is 2.58 bits per heavy atom. The van der Waals surface area contributed by atoms with E-state index in [1.807, 2.05) is 12.1 Å². The maximum absolute atomic E-state index is 6.33. The molecule has 0 radical (unpaired) electrons. The third-order valence-corrected chi connectivity index (χ3v) is 5.38. The van der Waals surface area contributed by atoms with Crippen LogP contribution in [0.2, 0.25) is 10.0 Å². The number of rotatable bonds is 4. The van der Waals surface area contributed by atoms with Gasteiger partial charge in [0.15, 0.2) is 0 Å². The van der Waals surface area contributed by atoms with Crippen molar-refractivity contribution in [1.29, 1.82) is 0 Å². The van der Waals surface area contributed by atoms with Gasteiger partial charge < -0.3 is 5.32 Å². The van der Waals surface area contributed by atoms with Crippen LogP contribution in [-0.4, -0.2) is 6.54 Å². The molecule has 2 aromatic rings. The molecule has 0 aliphatic carbocycles. The van der Waals surface area contributed by atoms with Gasteiger partial charge >= 0.3 is 0 Å². The number of hydrogen-bond donors (Lipinski definition) is 1. The number of benzene rings is 1. The molecule has 0 spiro atoms. The first-order valence-electron chi connectivity index (χ1n) is 5.97. The Hall–Kier alpha value is -0.0600. The fourth-order valence-corrected chi connectivity index (χ4v) is 4.47. The molecule has 1 atom stereocenters. The summed E-state index contributed by atoms with van der Waals surface area (Å²) in [5.74, 6) is 0. The lowest BCUT2D eigenvalue weighted by Gasteiger charge is -2.19. The summed E-state index contributed by atoms with van der Waals surface area (Å²) in [6.45, 7) is 5.06. The standard InChI is InChI=1S/C14H14BrCl2NS/c1-3-18-13(14-11(15)6-8(2)19-14)10-5-4-9(16)7-12(10)17/h4-7,13,18H,3H2,1-2H3. The average Bonchev–Trinajstić information content (AvgIpc) is 2.66. The summed E-state index contributed by atoms with van der Waals surface area (Å²) in [6.07, 6.45) is 0. The first-order chi connectivity index (χ1) is 9.02. The number of thiophene rings is 1. The van der Waals surface area contributed by atoms with E-state index in [1.54, 1.807) is 17.4 Å². The second-order valence-corrected chi connectivity index (χ2v) is 7.21. The highest BCUT2D eigenvalue weighted by atomic mass is 79.9. The first kappa shape index (κ1) is 15.3. The van der Waals surface area contributed by atoms with Crippen molar-refractivity contribution >= 4 is 50.5 Å². The Morgan fingerprint density at radius 2 is 2.05 bits per heavy atom. The van der Waals surface area contributed by atoms with Crippen molar-refractivity contribution in [2.24, 2.45) is 0 Å². The maximum Gasteiger partial charge on any atom is 0.0697 e. The minimum absolute atomic E-state index is 0.0860. The number of aryl methyl sites for hydroxylation is 1. The van der Waals surface area contributed by atoms with Crippen molar-refractivity contribution in [3.63, 3.8) is 0 Å². The minimum Gasteiger partial charge on any atom is -0.306 e. The second kappa shape index (κ2) is 6.59. The molecule has 0 fully saturated rings. The van der Waals surface area contributed by atoms with Crippen LogP contribution in [0.1, 0.15) is 28.3 Å². The van der Waals surface area contributed by atoms with Gasteiger partial charge in [-0.1, -0.05) is 36.2 Å². The Kier molecular flexibility index (Phi) is 5.32. The van der Waals surface area contributed by atoms with E-state index in [2.05, 4.69) is 41.2 Å². The molecule has 0 saturated heterocycles. The van der Waals surface area contributed by atoms with Crippen LogP contribution >= 0.6 is 50.5 Å². The SMILES string of the molecule is CCNC(c1ccc(Cl)cc1Cl)c1sc(C)cc1Br. The molecule has 2 rings (SSSR count). The summed E-state index contributed by atoms with van der Waals surface area (Å²) >= 11 is 17.7. The number of hydrogen-bond acceptors (Lipinski definition) is 2. The molecule has 19 heavy (non-hydrogen) atoms. The smallest absolute Gasteiger partial charge is 0.0697 e. The summed E-state index contributed by atoms with van der Waals surface area (Å²) in [4.78, 5) is 2.51. The summed E-state index contributed by atoms with van der Waals surface area (Å²) in [5.41, 5.74) is 1.05. The van der Waals surface area contributed by atoms with Gasteiger partial charge in [-0.25, -0.2) is 0 Å². The monoisotopic (exact) mass is 377 g/mol. The van der Waals surface area contributed by atoms with E-state index < -0.39 is 0 Å². The average molecular weight is 379 g/mol. The molecule has 0 saturated carbocycles. The van der Waals surface area contributed by atoms with Crippen LogP contribution in [0.3, 0.4) is 0 Å². The molecule has 1 unspecified atom stereocenters. The van der Waals surface area contributed by atoms with Crippen LogP contribution in [0.4, 0.5) is 0 Å². The number of nitrogens with one attached hydrogen (secondary N) is 1. The van der Waals surface area contributed by atoms with E-state index in [-0.39, 0.29) is 6.04 Å². The predicted molar refractivity (Wildman–Crippen MR) is 88.7 cm³/mol. The molecule has 1 aromatic carbocycles. The van der Waals surface area contributed by atoms with Gasteiger partial charge in [-0.3, -0.25) is 0 Å². The second-order valence-electron chi connectivity index (χ2n) is 4.23. The van der Waals surface area contributed by atoms with Crippen molar-refractivity contribution in [1.82, 2.24) is 5.32 Å². The molecule has 1 aromatic heterocycles.